The molecule has 6 heteroatoms. The van der Waals surface area contributed by atoms with Crippen LogP contribution in [-0.4, -0.2) is 5.25 Å². The molecular weight excluding hydrogens is 367 g/mol. The minimum absolute atomic E-state index is 0. The van der Waals surface area contributed by atoms with Crippen molar-refractivity contribution < 1.29 is 23.5 Å². The smallest absolute Gasteiger partial charge is 0.00948 e. The first kappa shape index (κ1) is 29.2. The fraction of sp³-hybridized carbons (Fsp3) is 0.400. The van der Waals surface area contributed by atoms with Crippen LogP contribution in [0.4, 0.5) is 23.5 Å². The molecule has 0 aromatic heterocycles. The predicted molar refractivity (Wildman–Crippen MR) is 106 cm³/mol. The Bertz CT molecular complexity index is 554. The van der Waals surface area contributed by atoms with Crippen molar-refractivity contribution in [2.24, 2.45) is 0 Å². The first-order valence-corrected chi connectivity index (χ1v) is 9.03. The molecule has 0 spiro atoms. The Hall–Kier alpha value is -1.56. The number of hydrogen-bond acceptors (Lipinski definition) is 1. The molecule has 0 bridgehead atoms. The van der Waals surface area contributed by atoms with Crippen molar-refractivity contribution in [1.82, 2.24) is 0 Å². The average Bonchev–Trinajstić information content (AvgIpc) is 2.57. The van der Waals surface area contributed by atoms with Crippen LogP contribution in [0, 0.1) is 0 Å². The SMILES string of the molecule is CCc1ccc(C2CCC(Sc3ccccc3)CC2)cc1.F.F.F.F.F. The van der Waals surface area contributed by atoms with E-state index in [1.807, 2.05) is 0 Å². The van der Waals surface area contributed by atoms with Crippen LogP contribution in [0.5, 0.6) is 0 Å². The summed E-state index contributed by atoms with van der Waals surface area (Å²) in [6.45, 7) is 2.22. The third-order valence-electron chi connectivity index (χ3n) is 4.58. The lowest BCUT2D eigenvalue weighted by atomic mass is 9.83. The van der Waals surface area contributed by atoms with Crippen LogP contribution in [0.15, 0.2) is 59.5 Å². The van der Waals surface area contributed by atoms with Crippen molar-refractivity contribution in [3.63, 3.8) is 0 Å². The molecule has 1 aliphatic carbocycles. The van der Waals surface area contributed by atoms with Crippen LogP contribution in [0.1, 0.15) is 49.7 Å². The summed E-state index contributed by atoms with van der Waals surface area (Å²) in [6, 6.07) is 20.2. The van der Waals surface area contributed by atoms with E-state index in [0.717, 1.165) is 17.6 Å². The molecule has 150 valence electrons. The molecule has 0 heterocycles. The highest BCUT2D eigenvalue weighted by Gasteiger charge is 2.22. The van der Waals surface area contributed by atoms with E-state index in [4.69, 9.17) is 0 Å². The molecule has 1 fully saturated rings. The van der Waals surface area contributed by atoms with E-state index in [0.29, 0.717) is 0 Å². The summed E-state index contributed by atoms with van der Waals surface area (Å²) < 4.78 is 0. The summed E-state index contributed by atoms with van der Waals surface area (Å²) in [5.41, 5.74) is 3.00. The summed E-state index contributed by atoms with van der Waals surface area (Å²) in [7, 11) is 0. The number of rotatable bonds is 4. The first-order valence-electron chi connectivity index (χ1n) is 8.15. The molecule has 0 N–H and O–H groups in total. The van der Waals surface area contributed by atoms with Crippen molar-refractivity contribution in [2.45, 2.75) is 55.1 Å². The number of thioether (sulfide) groups is 1. The third-order valence-corrected chi connectivity index (χ3v) is 5.93. The van der Waals surface area contributed by atoms with Gasteiger partial charge in [0.05, 0.1) is 0 Å². The Morgan fingerprint density at radius 3 is 1.77 bits per heavy atom. The molecule has 0 radical (unpaired) electrons. The van der Waals surface area contributed by atoms with Gasteiger partial charge in [-0.2, -0.15) is 0 Å². The second-order valence-corrected chi connectivity index (χ2v) is 7.37. The van der Waals surface area contributed by atoms with E-state index in [2.05, 4.69) is 73.3 Å². The molecule has 1 aliphatic rings. The van der Waals surface area contributed by atoms with Gasteiger partial charge in [0, 0.05) is 10.1 Å². The van der Waals surface area contributed by atoms with Crippen LogP contribution in [0.2, 0.25) is 0 Å². The van der Waals surface area contributed by atoms with Gasteiger partial charge in [0.25, 0.3) is 0 Å². The normalized spacial score (nSPS) is 17.9. The molecule has 0 saturated heterocycles. The van der Waals surface area contributed by atoms with Crippen LogP contribution in [0.25, 0.3) is 0 Å². The van der Waals surface area contributed by atoms with E-state index < -0.39 is 0 Å². The second kappa shape index (κ2) is 14.6. The summed E-state index contributed by atoms with van der Waals surface area (Å²) in [6.07, 6.45) is 6.52. The zero-order valence-electron chi connectivity index (χ0n) is 14.8. The van der Waals surface area contributed by atoms with Gasteiger partial charge in [-0.05, 0) is 61.3 Å². The maximum atomic E-state index is 2.36. The van der Waals surface area contributed by atoms with Gasteiger partial charge < -0.3 is 0 Å². The molecular formula is C20H29F5S. The van der Waals surface area contributed by atoms with Crippen molar-refractivity contribution >= 4 is 11.8 Å². The largest absolute Gasteiger partial charge is 0.269 e. The Balaban J connectivity index is -0.00000106. The molecule has 0 atom stereocenters. The molecule has 1 saturated carbocycles. The van der Waals surface area contributed by atoms with Gasteiger partial charge in [-0.1, -0.05) is 49.4 Å². The van der Waals surface area contributed by atoms with Crippen LogP contribution >= 0.6 is 11.8 Å². The number of halogens is 5. The third kappa shape index (κ3) is 7.77. The number of hydrogen-bond donors (Lipinski definition) is 0. The van der Waals surface area contributed by atoms with E-state index >= 15 is 0 Å². The zero-order chi connectivity index (χ0) is 14.5. The Morgan fingerprint density at radius 2 is 1.27 bits per heavy atom. The van der Waals surface area contributed by atoms with Gasteiger partial charge in [0.2, 0.25) is 0 Å². The molecule has 0 aliphatic heterocycles. The number of benzene rings is 2. The van der Waals surface area contributed by atoms with Gasteiger partial charge in [0.15, 0.2) is 0 Å². The number of aryl methyl sites for hydroxylation is 1. The predicted octanol–water partition coefficient (Wildman–Crippen LogP) is 6.83. The summed E-state index contributed by atoms with van der Waals surface area (Å²) >= 11 is 2.07. The first-order chi connectivity index (χ1) is 10.3. The summed E-state index contributed by atoms with van der Waals surface area (Å²) in [5, 5.41) is 0.804. The van der Waals surface area contributed by atoms with Crippen LogP contribution < -0.4 is 0 Å². The average molecular weight is 397 g/mol. The van der Waals surface area contributed by atoms with E-state index in [1.54, 1.807) is 5.56 Å². The van der Waals surface area contributed by atoms with Gasteiger partial charge in [-0.25, -0.2) is 0 Å². The Kier molecular flexibility index (Phi) is 16.4. The lowest BCUT2D eigenvalue weighted by Crippen LogP contribution is -2.15. The molecule has 3 rings (SSSR count). The molecule has 2 aromatic carbocycles. The highest BCUT2D eigenvalue weighted by atomic mass is 32.2. The topological polar surface area (TPSA) is 0 Å². The Labute approximate surface area is 156 Å². The van der Waals surface area contributed by atoms with Gasteiger partial charge in [0.1, 0.15) is 0 Å². The van der Waals surface area contributed by atoms with Crippen molar-refractivity contribution in [3.8, 4) is 0 Å². The summed E-state index contributed by atoms with van der Waals surface area (Å²) in [4.78, 5) is 1.42. The zero-order valence-corrected chi connectivity index (χ0v) is 15.7. The standard InChI is InChI=1S/C20H24S.5FH/c1-2-16-8-10-17(11-9-16)18-12-14-20(15-13-18)21-19-6-4-3-5-7-19;;;;;/h3-11,18,20H,2,12-15H2,1H3;5*1H. The molecule has 0 nitrogen and oxygen atoms in total. The lowest BCUT2D eigenvalue weighted by Gasteiger charge is -2.28. The Morgan fingerprint density at radius 1 is 0.731 bits per heavy atom. The fourth-order valence-electron chi connectivity index (χ4n) is 3.23. The van der Waals surface area contributed by atoms with Crippen molar-refractivity contribution in [3.05, 3.63) is 65.7 Å². The highest BCUT2D eigenvalue weighted by Crippen LogP contribution is 2.39. The second-order valence-electron chi connectivity index (χ2n) is 6.00. The quantitative estimate of drug-likeness (QED) is 0.510. The van der Waals surface area contributed by atoms with Crippen LogP contribution in [0.3, 0.4) is 0 Å². The monoisotopic (exact) mass is 396 g/mol. The van der Waals surface area contributed by atoms with Crippen molar-refractivity contribution in [1.29, 1.82) is 0 Å². The minimum atomic E-state index is 0. The maximum Gasteiger partial charge on any atom is 0.00948 e. The van der Waals surface area contributed by atoms with Crippen molar-refractivity contribution in [2.75, 3.05) is 0 Å². The van der Waals surface area contributed by atoms with Gasteiger partial charge >= 0.3 is 0 Å². The molecule has 0 amide bonds. The molecule has 0 unspecified atom stereocenters. The van der Waals surface area contributed by atoms with Crippen LogP contribution in [-0.2, 0) is 6.42 Å². The lowest BCUT2D eigenvalue weighted by molar-refractivity contribution is 0.453. The summed E-state index contributed by atoms with van der Waals surface area (Å²) in [5.74, 6) is 0.781. The molecule has 26 heavy (non-hydrogen) atoms. The van der Waals surface area contributed by atoms with Gasteiger partial charge in [-0.3, -0.25) is 23.5 Å². The highest BCUT2D eigenvalue weighted by molar-refractivity contribution is 8.00. The minimum Gasteiger partial charge on any atom is -0.269 e. The fourth-order valence-corrected chi connectivity index (χ4v) is 4.44. The van der Waals surface area contributed by atoms with E-state index in [9.17, 15) is 0 Å². The molecule has 2 aromatic rings. The van der Waals surface area contributed by atoms with E-state index in [1.165, 1.54) is 36.1 Å². The van der Waals surface area contributed by atoms with Gasteiger partial charge in [-0.15, -0.1) is 11.8 Å². The maximum absolute atomic E-state index is 2.36. The van der Waals surface area contributed by atoms with E-state index in [-0.39, 0.29) is 23.5 Å².